The summed E-state index contributed by atoms with van der Waals surface area (Å²) < 4.78 is 20.3. The number of aryl methyl sites for hydroxylation is 1. The lowest BCUT2D eigenvalue weighted by molar-refractivity contribution is -0.211. The minimum absolute atomic E-state index is 0.0105. The molecule has 0 spiro atoms. The first-order valence-corrected chi connectivity index (χ1v) is 14.9. The molecule has 3 aromatic rings. The second kappa shape index (κ2) is 7.98. The molecule has 0 saturated heterocycles. The lowest BCUT2D eigenvalue weighted by Gasteiger charge is -2.65. The number of alkyl halides is 1. The third-order valence-corrected chi connectivity index (χ3v) is 11.2. The minimum Gasteiger partial charge on any atom is -0.339 e. The van der Waals surface area contributed by atoms with Crippen LogP contribution in [-0.4, -0.2) is 38.2 Å². The molecule has 7 fully saturated rings. The largest absolute Gasteiger partial charge is 0.339 e. The topological polar surface area (TPSA) is 85.0 Å². The number of nitrogens with zero attached hydrogens (tertiary/aromatic N) is 5. The van der Waals surface area contributed by atoms with Crippen LogP contribution in [0.25, 0.3) is 11.1 Å². The van der Waals surface area contributed by atoms with Crippen LogP contribution in [0.15, 0.2) is 41.2 Å². The Bertz CT molecular complexity index is 1470. The zero-order chi connectivity index (χ0) is 27.4. The van der Waals surface area contributed by atoms with Crippen LogP contribution in [0.2, 0.25) is 0 Å². The van der Waals surface area contributed by atoms with E-state index >= 15 is 0 Å². The van der Waals surface area contributed by atoms with Crippen molar-refractivity contribution in [2.75, 3.05) is 11.4 Å². The molecule has 0 unspecified atom stereocenters. The Labute approximate surface area is 234 Å². The number of benzene rings is 1. The monoisotopic (exact) mass is 541 g/mol. The van der Waals surface area contributed by atoms with Gasteiger partial charge in [0.25, 0.3) is 0 Å². The smallest absolute Gasteiger partial charge is 0.233 e. The van der Waals surface area contributed by atoms with Crippen LogP contribution < -0.4 is 4.90 Å². The van der Waals surface area contributed by atoms with E-state index in [1.165, 1.54) is 0 Å². The molecule has 0 atom stereocenters. The van der Waals surface area contributed by atoms with Gasteiger partial charge < -0.3 is 9.42 Å². The van der Waals surface area contributed by atoms with Crippen LogP contribution in [0, 0.1) is 17.8 Å². The molecule has 2 aromatic heterocycles. The van der Waals surface area contributed by atoms with Crippen molar-refractivity contribution in [3.63, 3.8) is 0 Å². The van der Waals surface area contributed by atoms with Crippen LogP contribution in [0.1, 0.15) is 95.1 Å². The highest BCUT2D eigenvalue weighted by atomic mass is 19.1. The van der Waals surface area contributed by atoms with Gasteiger partial charge in [0, 0.05) is 41.0 Å². The van der Waals surface area contributed by atoms with Gasteiger partial charge in [-0.3, -0.25) is 4.79 Å². The lowest BCUT2D eigenvalue weighted by Crippen LogP contribution is -2.71. The van der Waals surface area contributed by atoms with E-state index in [2.05, 4.69) is 28.1 Å². The Morgan fingerprint density at radius 2 is 1.65 bits per heavy atom. The second-order valence-corrected chi connectivity index (χ2v) is 14.2. The van der Waals surface area contributed by atoms with Crippen molar-refractivity contribution in [3.8, 4) is 11.1 Å². The molecule has 4 bridgehead atoms. The predicted molar refractivity (Wildman–Crippen MR) is 147 cm³/mol. The highest BCUT2D eigenvalue weighted by Gasteiger charge is 2.73. The summed E-state index contributed by atoms with van der Waals surface area (Å²) in [5, 5.41) is 4.48. The Balaban J connectivity index is 1.07. The van der Waals surface area contributed by atoms with Gasteiger partial charge in [-0.25, -0.2) is 14.4 Å². The Morgan fingerprint density at radius 3 is 2.27 bits per heavy atom. The van der Waals surface area contributed by atoms with Crippen molar-refractivity contribution < 1.29 is 13.7 Å². The van der Waals surface area contributed by atoms with Crippen LogP contribution in [0.3, 0.4) is 0 Å². The maximum absolute atomic E-state index is 14.5. The maximum Gasteiger partial charge on any atom is 0.233 e. The van der Waals surface area contributed by atoms with Gasteiger partial charge in [0.15, 0.2) is 5.82 Å². The number of anilines is 1. The third kappa shape index (κ3) is 3.63. The van der Waals surface area contributed by atoms with Crippen molar-refractivity contribution in [2.24, 2.45) is 10.8 Å². The molecule has 208 valence electrons. The van der Waals surface area contributed by atoms with Crippen LogP contribution in [0.4, 0.5) is 10.1 Å². The highest BCUT2D eigenvalue weighted by molar-refractivity contribution is 6.00. The van der Waals surface area contributed by atoms with E-state index in [0.717, 1.165) is 85.7 Å². The summed E-state index contributed by atoms with van der Waals surface area (Å²) in [6.45, 7) is 4.75. The number of hydrogen-bond donors (Lipinski definition) is 0. The summed E-state index contributed by atoms with van der Waals surface area (Å²) in [5.41, 5.74) is 1.27. The van der Waals surface area contributed by atoms with Crippen molar-refractivity contribution in [1.29, 1.82) is 0 Å². The van der Waals surface area contributed by atoms with Gasteiger partial charge in [0.2, 0.25) is 11.8 Å². The normalized spacial score (nSPS) is 34.6. The minimum atomic E-state index is -1.11. The Kier molecular flexibility index (Phi) is 4.91. The standard InChI is InChI=1S/C32H36FN5O2/c1-21-34-15-23(16-35-21)22-4-3-5-24(14-22)38(27(39)31-17-32(33,18-31)19-31)20-29-8-11-30(12-9-29,13-10-29)25-36-26(40-37-25)28(2)6-7-28/h3-5,14-16H,6-13,17-20H2,1-2H3. The van der Waals surface area contributed by atoms with E-state index in [9.17, 15) is 9.18 Å². The summed E-state index contributed by atoms with van der Waals surface area (Å²) in [6.07, 6.45) is 13.2. The van der Waals surface area contributed by atoms with Gasteiger partial charge in [-0.1, -0.05) is 24.2 Å². The molecule has 8 heteroatoms. The summed E-state index contributed by atoms with van der Waals surface area (Å²) >= 11 is 0. The molecular formula is C32H36FN5O2. The van der Waals surface area contributed by atoms with Gasteiger partial charge in [0.1, 0.15) is 11.5 Å². The first-order valence-electron chi connectivity index (χ1n) is 14.9. The van der Waals surface area contributed by atoms with E-state index in [-0.39, 0.29) is 22.2 Å². The van der Waals surface area contributed by atoms with Crippen LogP contribution in [-0.2, 0) is 15.6 Å². The molecule has 1 amide bonds. The highest BCUT2D eigenvalue weighted by Crippen LogP contribution is 2.70. The summed E-state index contributed by atoms with van der Waals surface area (Å²) in [4.78, 5) is 29.8. The van der Waals surface area contributed by atoms with Gasteiger partial charge in [-0.05, 0) is 101 Å². The van der Waals surface area contributed by atoms with Crippen molar-refractivity contribution in [3.05, 3.63) is 54.2 Å². The zero-order valence-electron chi connectivity index (χ0n) is 23.4. The van der Waals surface area contributed by atoms with Gasteiger partial charge in [-0.2, -0.15) is 4.98 Å². The molecule has 0 aliphatic heterocycles. The fourth-order valence-corrected chi connectivity index (χ4v) is 8.11. The second-order valence-electron chi connectivity index (χ2n) is 14.2. The number of fused-ring (bicyclic) bond motifs is 3. The van der Waals surface area contributed by atoms with Crippen LogP contribution >= 0.6 is 0 Å². The first kappa shape index (κ1) is 24.6. The van der Waals surface area contributed by atoms with E-state index in [1.54, 1.807) is 0 Å². The lowest BCUT2D eigenvalue weighted by atomic mass is 9.41. The number of rotatable bonds is 7. The number of amides is 1. The first-order chi connectivity index (χ1) is 19.1. The molecule has 2 heterocycles. The molecule has 40 heavy (non-hydrogen) atoms. The average molecular weight is 542 g/mol. The maximum atomic E-state index is 14.5. The summed E-state index contributed by atoms with van der Waals surface area (Å²) in [7, 11) is 0. The molecule has 10 rings (SSSR count). The molecule has 0 N–H and O–H groups in total. The van der Waals surface area contributed by atoms with Crippen molar-refractivity contribution in [1.82, 2.24) is 20.1 Å². The van der Waals surface area contributed by atoms with Gasteiger partial charge in [-0.15, -0.1) is 0 Å². The Morgan fingerprint density at radius 1 is 0.975 bits per heavy atom. The number of carbonyl (C=O) groups excluding carboxylic acids is 1. The van der Waals surface area contributed by atoms with Gasteiger partial charge in [0.05, 0.1) is 5.41 Å². The predicted octanol–water partition coefficient (Wildman–Crippen LogP) is 6.40. The van der Waals surface area contributed by atoms with E-state index in [4.69, 9.17) is 9.51 Å². The molecule has 0 radical (unpaired) electrons. The molecule has 7 saturated carbocycles. The zero-order valence-corrected chi connectivity index (χ0v) is 23.4. The van der Waals surface area contributed by atoms with E-state index < -0.39 is 11.1 Å². The third-order valence-electron chi connectivity index (χ3n) is 11.2. The fourth-order valence-electron chi connectivity index (χ4n) is 8.11. The van der Waals surface area contributed by atoms with E-state index in [0.29, 0.717) is 25.8 Å². The average Bonchev–Trinajstić information content (AvgIpc) is 3.48. The van der Waals surface area contributed by atoms with Gasteiger partial charge >= 0.3 is 0 Å². The number of halogens is 1. The molecule has 7 nitrogen and oxygen atoms in total. The Hall–Kier alpha value is -3.16. The molecule has 7 aliphatic carbocycles. The summed E-state index contributed by atoms with van der Waals surface area (Å²) in [6, 6.07) is 8.14. The summed E-state index contributed by atoms with van der Waals surface area (Å²) in [5.74, 6) is 2.52. The fraction of sp³-hybridized carbons (Fsp3) is 0.594. The van der Waals surface area contributed by atoms with E-state index in [1.807, 2.05) is 42.4 Å². The van der Waals surface area contributed by atoms with Crippen molar-refractivity contribution >= 4 is 11.6 Å². The molecule has 7 aliphatic rings. The number of hydrogen-bond acceptors (Lipinski definition) is 6. The SMILES string of the molecule is Cc1ncc(-c2cccc(N(CC34CCC(c5noc(C6(C)CC6)n5)(CC3)CC4)C(=O)C34CC(F)(C3)C4)c2)cn1. The number of aromatic nitrogens is 4. The number of carbonyl (C=O) groups is 1. The molecular weight excluding hydrogens is 505 g/mol. The quantitative estimate of drug-likeness (QED) is 0.344. The van der Waals surface area contributed by atoms with Crippen LogP contribution in [0.5, 0.6) is 0 Å². The molecule has 1 aromatic carbocycles. The van der Waals surface area contributed by atoms with Crippen molar-refractivity contribution in [2.45, 2.75) is 101 Å².